The third-order valence-corrected chi connectivity index (χ3v) is 46.6. The van der Waals surface area contributed by atoms with E-state index in [1.54, 1.807) is 104 Å². The molecule has 0 aliphatic carbocycles. The number of likely N-dealkylation sites (tertiary alicyclic amines) is 1. The Morgan fingerprint density at radius 3 is 1.52 bits per heavy atom. The zero-order valence-electron chi connectivity index (χ0n) is 53.5. The maximum atomic E-state index is 15.6. The molecule has 10 rings (SSSR count). The minimum absolute atomic E-state index is 0. The molecule has 110 heavy (non-hydrogen) atoms. The Morgan fingerprint density at radius 1 is 0.618 bits per heavy atom. The van der Waals surface area contributed by atoms with Crippen molar-refractivity contribution in [3.05, 3.63) is 144 Å². The number of hydrogen-bond donors (Lipinski definition) is 6. The number of carbonyl (C=O) groups excluding carboxylic acids is 7. The van der Waals surface area contributed by atoms with Crippen LogP contribution in [0.2, 0.25) is 10.0 Å². The quantitative estimate of drug-likeness (QED) is 0.0493. The van der Waals surface area contributed by atoms with E-state index in [1.165, 1.54) is 102 Å². The molecule has 5 amide bonds. The highest BCUT2D eigenvalue weighted by molar-refractivity contribution is 8.73. The van der Waals surface area contributed by atoms with E-state index in [0.29, 0.717) is 28.7 Å². The number of nitrogens with zero attached hydrogens (tertiary/aromatic N) is 5. The van der Waals surface area contributed by atoms with Gasteiger partial charge in [0.15, 0.2) is 17.3 Å². The van der Waals surface area contributed by atoms with Crippen LogP contribution in [-0.2, 0) is 227 Å². The number of Topliss-reactive ketones (excluding diaryl/α,β-unsaturated/α-hetero) is 2. The number of alkyl halides is 8. The number of nitrogens with two attached hydrogens (primary N) is 4. The molecule has 0 radical (unpaired) electrons. The number of halogens is 13. The molecular weight excluding hydrogens is 1940 g/mol. The van der Waals surface area contributed by atoms with Crippen molar-refractivity contribution in [2.45, 2.75) is 87.7 Å². The van der Waals surface area contributed by atoms with Crippen molar-refractivity contribution in [1.82, 2.24) is 25.0 Å². The summed E-state index contributed by atoms with van der Waals surface area (Å²) in [5.74, 6) is -7.94. The van der Waals surface area contributed by atoms with Crippen LogP contribution in [0.1, 0.15) is 67.5 Å². The van der Waals surface area contributed by atoms with Crippen molar-refractivity contribution in [3.63, 3.8) is 0 Å². The van der Waals surface area contributed by atoms with E-state index in [0.717, 1.165) is 26.7 Å². The van der Waals surface area contributed by atoms with Gasteiger partial charge in [0, 0.05) is 254 Å². The number of aromatic nitrogens is 2. The lowest BCUT2D eigenvalue weighted by Crippen LogP contribution is -2.46. The van der Waals surface area contributed by atoms with Crippen LogP contribution in [0.5, 0.6) is 0 Å². The van der Waals surface area contributed by atoms with Crippen molar-refractivity contribution in [2.24, 2.45) is 28.0 Å². The summed E-state index contributed by atoms with van der Waals surface area (Å²) in [7, 11) is 23.6. The number of carboxylic acid groups (broad SMARTS) is 1. The number of thioether (sulfide) groups is 1. The summed E-state index contributed by atoms with van der Waals surface area (Å²) >= 11 is 31.6. The van der Waals surface area contributed by atoms with Crippen molar-refractivity contribution in [1.29, 1.82) is 0 Å². The smallest absolute Gasteiger partial charge is 0.425 e. The molecule has 2 fully saturated rings. The third kappa shape index (κ3) is 28.8. The number of benzene rings is 4. The highest BCUT2D eigenvalue weighted by atomic mass is 35.5. The molecule has 53 heteroatoms. The molecule has 0 saturated carbocycles. The first-order chi connectivity index (χ1) is 51.0. The zero-order valence-corrected chi connectivity index (χ0v) is 73.0. The van der Waals surface area contributed by atoms with Gasteiger partial charge in [-0.15, -0.1) is 35.5 Å². The number of amides is 5. The number of nitrogens with one attached hydrogen (secondary N) is 1. The monoisotopic (exact) mass is 1990 g/mol. The standard InChI is InChI=1S/C28H23ClF5N5O4S.C19H17ClF2N2O2.C9H6F3N3O3S.CH4.ClH.S10.S9/c29-17-5-4-13(26(35)42)6-16(17)15-3-1-2-12(23(15)31)7-20(40)18-8-14(30)10-38(18)22(41)11-39-19-9-21(28(32,33)34)44-25(19)24(37-39)27(36)43;20-15-5-4-11(19(23)26)6-14(15)13-3-1-2-10(18(13)22)7-17(25)16-8-12(21)9-24-16;10-9(11,12)4-1-3-7(19-4)6(8(13)18)14-15(3)2-5(16)17;;;1-3-5-7-9-10-8-6-4-2;1-3-5-7-9-8-6-4-2/h1-6,9,14,18-19,25H,7-8,10-11H2,(H2,35,42)(H2,36,43);1-6,12,16,24H,7-9H2,(H2,23,26);1H,2H2,(H2,13,18)(H,16,17);1H4;1H;;/t14-,18+,19?,25?;12-,16+;;;;;/m11...../s1. The number of allylic oxidation sites excluding steroid dienone is 1. The van der Waals surface area contributed by atoms with Crippen molar-refractivity contribution >= 4 is 300 Å². The topological polar surface area (TPSA) is 310 Å². The summed E-state index contributed by atoms with van der Waals surface area (Å²) in [5, 5.41) is 19.3. The lowest BCUT2D eigenvalue weighted by molar-refractivity contribution is -0.138. The van der Waals surface area contributed by atoms with Gasteiger partial charge in [0.25, 0.3) is 11.8 Å². The van der Waals surface area contributed by atoms with Crippen molar-refractivity contribution in [3.8, 4) is 22.3 Å². The highest BCUT2D eigenvalue weighted by Gasteiger charge is 2.51. The van der Waals surface area contributed by atoms with Crippen LogP contribution in [0.4, 0.5) is 43.9 Å². The Bertz CT molecular complexity index is 5290. The Labute approximate surface area is 705 Å². The van der Waals surface area contributed by atoms with Gasteiger partial charge in [0.1, 0.15) is 47.7 Å². The molecule has 2 aromatic heterocycles. The van der Waals surface area contributed by atoms with Crippen LogP contribution >= 0.6 is 58.7 Å². The molecule has 0 spiro atoms. The van der Waals surface area contributed by atoms with Crippen LogP contribution in [0, 0.1) is 11.6 Å². The van der Waals surface area contributed by atoms with Gasteiger partial charge in [-0.3, -0.25) is 48.0 Å². The number of aliphatic carboxylic acids is 1. The molecule has 4 aromatic carbocycles. The zero-order chi connectivity index (χ0) is 79.9. The van der Waals surface area contributed by atoms with Crippen molar-refractivity contribution < 1.29 is 87.4 Å². The first kappa shape index (κ1) is 98.4. The van der Waals surface area contributed by atoms with Gasteiger partial charge < -0.3 is 38.3 Å². The number of ketones is 2. The van der Waals surface area contributed by atoms with E-state index in [1.807, 2.05) is 0 Å². The minimum Gasteiger partial charge on any atom is -0.480 e. The molecule has 19 nitrogen and oxygen atoms in total. The van der Waals surface area contributed by atoms with E-state index in [2.05, 4.69) is 60.3 Å². The molecule has 10 N–H and O–H groups in total. The van der Waals surface area contributed by atoms with E-state index >= 15 is 4.39 Å². The fraction of sp³-hybridized carbons (Fsp3) is 0.298. The number of carbonyl (C=O) groups is 8. The summed E-state index contributed by atoms with van der Waals surface area (Å²) in [4.78, 5) is 94.5. The van der Waals surface area contributed by atoms with Gasteiger partial charge in [-0.25, -0.2) is 17.6 Å². The first-order valence-corrected chi connectivity index (χ1v) is 54.0. The lowest BCUT2D eigenvalue weighted by Gasteiger charge is -2.27. The van der Waals surface area contributed by atoms with Crippen LogP contribution in [0.3, 0.4) is 0 Å². The maximum Gasteiger partial charge on any atom is 0.425 e. The number of carboxylic acids is 1. The molecule has 2 saturated heterocycles. The summed E-state index contributed by atoms with van der Waals surface area (Å²) in [5.41, 5.74) is 21.1. The van der Waals surface area contributed by atoms with Gasteiger partial charge in [-0.2, -0.15) is 36.5 Å². The Hall–Kier alpha value is -3.92. The highest BCUT2D eigenvalue weighted by Crippen LogP contribution is 2.47. The molecule has 0 bridgehead atoms. The van der Waals surface area contributed by atoms with Gasteiger partial charge in [-0.1, -0.05) is 67.0 Å². The largest absolute Gasteiger partial charge is 0.480 e. The van der Waals surface area contributed by atoms with Crippen LogP contribution in [0.25, 0.3) is 32.5 Å². The Balaban J connectivity index is 0.000000328. The SMILES string of the molecule is C.Cl.NC(=O)C1=NN(CC(=O)N2C[C@H](F)C[C@H]2C(=O)Cc2cccc(-c3cc(C(N)=O)ccc3Cl)c2F)C2C=C(C(F)(F)F)SC12.NC(=O)c1ccc(Cl)c(-c2cccc(CC(=O)[C@@H]3C[C@@H](F)CN3)c2F)c1.NC(=O)c1nn(CC(=O)O)c2cc(C(F)(F)F)sc12.S=S=S=S=S=S=S=S=S.S=S=S=S=S=S=S=S=S=S. The average molecular weight is 1990 g/mol. The van der Waals surface area contributed by atoms with Gasteiger partial charge in [0.2, 0.25) is 17.7 Å². The Morgan fingerprint density at radius 2 is 1.10 bits per heavy atom. The third-order valence-electron chi connectivity index (χ3n) is 14.5. The second-order valence-corrected chi connectivity index (χ2v) is 50.8. The van der Waals surface area contributed by atoms with Gasteiger partial charge in [0.05, 0.1) is 45.0 Å². The number of fused-ring (bicyclic) bond motifs is 2. The Kier molecular flexibility index (Phi) is 42.4. The second kappa shape index (κ2) is 47.3. The van der Waals surface area contributed by atoms with E-state index < -0.39 is 137 Å². The summed E-state index contributed by atoms with van der Waals surface area (Å²) in [6.45, 7) is -1.65. The van der Waals surface area contributed by atoms with Crippen molar-refractivity contribution in [2.75, 3.05) is 19.6 Å². The van der Waals surface area contributed by atoms with Crippen LogP contribution in [0.15, 0.2) is 94.9 Å². The molecule has 4 aliphatic rings. The minimum atomic E-state index is -4.69. The second-order valence-electron chi connectivity index (χ2n) is 21.3. The molecule has 600 valence electrons. The predicted octanol–water partition coefficient (Wildman–Crippen LogP) is 8.75. The number of primary amides is 4. The van der Waals surface area contributed by atoms with E-state index in [-0.39, 0.29) is 122 Å². The molecular formula is C57H51Cl3F10N10O9S21. The lowest BCUT2D eigenvalue weighted by atomic mass is 9.96. The molecule has 6 atom stereocenters. The van der Waals surface area contributed by atoms with E-state index in [9.17, 15) is 77.9 Å². The fourth-order valence-corrected chi connectivity index (χ4v) is 43.0. The molecule has 2 unspecified atom stereocenters. The fourth-order valence-electron chi connectivity index (χ4n) is 10.1. The molecule has 6 aromatic rings. The van der Waals surface area contributed by atoms with E-state index in [4.69, 9.17) is 51.2 Å². The predicted molar refractivity (Wildman–Crippen MR) is 460 cm³/mol. The van der Waals surface area contributed by atoms with Gasteiger partial charge in [-0.05, 0) is 59.7 Å². The van der Waals surface area contributed by atoms with Crippen LogP contribution < -0.4 is 28.3 Å². The molecule has 4 aliphatic heterocycles. The number of hydrazone groups is 1. The van der Waals surface area contributed by atoms with Gasteiger partial charge >= 0.3 is 18.3 Å². The summed E-state index contributed by atoms with van der Waals surface area (Å²) in [6, 6.07) is 15.0. The first-order valence-electron chi connectivity index (χ1n) is 28.9. The van der Waals surface area contributed by atoms with Crippen LogP contribution in [-0.4, -0.2) is 139 Å². The number of thiophene rings is 1. The average Bonchev–Trinajstić information content (AvgIpc) is 1.69. The number of rotatable bonds is 16. The maximum absolute atomic E-state index is 15.6. The normalized spacial score (nSPS) is 17.0. The number of hydrogen-bond acceptors (Lipinski definition) is 18. The molecule has 6 heterocycles. The summed E-state index contributed by atoms with van der Waals surface area (Å²) in [6.07, 6.45) is -12.0. The summed E-state index contributed by atoms with van der Waals surface area (Å²) < 4.78 is 137.